The van der Waals surface area contributed by atoms with Crippen LogP contribution in [0.4, 0.5) is 0 Å². The SMILES string of the molecule is COCOc1ccc(-c2ncc3ncc(-c4csc(C=O)c4)cc3n2)cc1.COCOc1ccc(-c2ncc3ncc(-c4csc(CO)c4)cc3n2)cc1.[B].[H-].[Na+]. The minimum atomic E-state index is 0. The Hall–Kier alpha value is -4.97. The van der Waals surface area contributed by atoms with Crippen molar-refractivity contribution in [2.45, 2.75) is 6.61 Å². The molecule has 0 saturated heterocycles. The first kappa shape index (κ1) is 42.2. The van der Waals surface area contributed by atoms with Crippen molar-refractivity contribution in [1.29, 1.82) is 0 Å². The summed E-state index contributed by atoms with van der Waals surface area (Å²) >= 11 is 2.93. The number of carbonyl (C=O) groups excluding carboxylic acids is 1. The number of hydrogen-bond donors (Lipinski definition) is 1. The van der Waals surface area contributed by atoms with Crippen LogP contribution in [0, 0.1) is 0 Å². The fourth-order valence-corrected chi connectivity index (χ4v) is 6.73. The number of methoxy groups -OCH3 is 2. The average Bonchev–Trinajstić information content (AvgIpc) is 3.93. The molecule has 6 heterocycles. The number of nitrogens with zero attached hydrogens (tertiary/aromatic N) is 6. The van der Waals surface area contributed by atoms with Crippen molar-refractivity contribution >= 4 is 59.4 Å². The number of ether oxygens (including phenoxy) is 4. The number of benzene rings is 2. The van der Waals surface area contributed by atoms with Crippen molar-refractivity contribution in [2.24, 2.45) is 0 Å². The summed E-state index contributed by atoms with van der Waals surface area (Å²) in [5, 5.41) is 13.2. The Morgan fingerprint density at radius 3 is 1.52 bits per heavy atom. The predicted octanol–water partition coefficient (Wildman–Crippen LogP) is 4.85. The monoisotopic (exact) mass is 791 g/mol. The molecule has 16 heteroatoms. The van der Waals surface area contributed by atoms with Gasteiger partial charge in [-0.3, -0.25) is 14.8 Å². The van der Waals surface area contributed by atoms with E-state index >= 15 is 0 Å². The van der Waals surface area contributed by atoms with E-state index in [4.69, 9.17) is 18.9 Å². The summed E-state index contributed by atoms with van der Waals surface area (Å²) in [6, 6.07) is 22.8. The number of pyridine rings is 2. The number of fused-ring (bicyclic) bond motifs is 2. The summed E-state index contributed by atoms with van der Waals surface area (Å²) in [6.45, 7) is 0.456. The van der Waals surface area contributed by atoms with Gasteiger partial charge in [-0.1, -0.05) is 0 Å². The van der Waals surface area contributed by atoms with Crippen molar-refractivity contribution in [3.8, 4) is 56.5 Å². The number of hydrogen-bond acceptors (Lipinski definition) is 14. The van der Waals surface area contributed by atoms with Crippen LogP contribution in [0.5, 0.6) is 11.5 Å². The molecule has 0 spiro atoms. The Balaban J connectivity index is 0.000000240. The fraction of sp³-hybridized carbons (Fsp3) is 0.125. The Bertz CT molecular complexity index is 2530. The summed E-state index contributed by atoms with van der Waals surface area (Å²) in [6.07, 6.45) is 7.86. The van der Waals surface area contributed by atoms with Gasteiger partial charge in [-0.05, 0) is 94.7 Å². The molecule has 12 nitrogen and oxygen atoms in total. The van der Waals surface area contributed by atoms with E-state index < -0.39 is 0 Å². The predicted molar refractivity (Wildman–Crippen MR) is 215 cm³/mol. The van der Waals surface area contributed by atoms with Gasteiger partial charge in [0, 0.05) is 62.2 Å². The number of aldehydes is 1. The maximum atomic E-state index is 10.9. The van der Waals surface area contributed by atoms with Crippen molar-refractivity contribution in [2.75, 3.05) is 27.8 Å². The molecule has 56 heavy (non-hydrogen) atoms. The van der Waals surface area contributed by atoms with Gasteiger partial charge in [0.25, 0.3) is 0 Å². The molecular formula is C40H33BN6NaO6S2. The van der Waals surface area contributed by atoms with E-state index in [1.165, 1.54) is 22.7 Å². The quantitative estimate of drug-likeness (QED) is 0.102. The van der Waals surface area contributed by atoms with Crippen LogP contribution in [-0.4, -0.2) is 77.5 Å². The van der Waals surface area contributed by atoms with Crippen LogP contribution in [0.3, 0.4) is 0 Å². The number of aliphatic hydroxyl groups excluding tert-OH is 1. The Kier molecular flexibility index (Phi) is 15.3. The van der Waals surface area contributed by atoms with Crippen LogP contribution in [0.25, 0.3) is 67.1 Å². The Labute approximate surface area is 356 Å². The van der Waals surface area contributed by atoms with Crippen LogP contribution >= 0.6 is 22.7 Å². The second kappa shape index (κ2) is 20.3. The van der Waals surface area contributed by atoms with E-state index in [1.807, 2.05) is 83.6 Å². The van der Waals surface area contributed by atoms with Crippen LogP contribution in [0.2, 0.25) is 0 Å². The first-order chi connectivity index (χ1) is 26.5. The number of carbonyl (C=O) groups is 1. The second-order valence-corrected chi connectivity index (χ2v) is 13.5. The molecule has 0 saturated carbocycles. The first-order valence-corrected chi connectivity index (χ1v) is 18.2. The molecule has 0 unspecified atom stereocenters. The minimum absolute atomic E-state index is 0. The summed E-state index contributed by atoms with van der Waals surface area (Å²) < 4.78 is 20.6. The van der Waals surface area contributed by atoms with Crippen molar-refractivity contribution in [1.82, 2.24) is 29.9 Å². The van der Waals surface area contributed by atoms with E-state index in [-0.39, 0.29) is 59.6 Å². The number of thiophene rings is 2. The van der Waals surface area contributed by atoms with Gasteiger partial charge < -0.3 is 25.5 Å². The molecule has 8 aromatic rings. The van der Waals surface area contributed by atoms with Gasteiger partial charge >= 0.3 is 29.6 Å². The van der Waals surface area contributed by atoms with Crippen molar-refractivity contribution in [3.63, 3.8) is 0 Å². The number of rotatable bonds is 12. The smallest absolute Gasteiger partial charge is 1.00 e. The van der Waals surface area contributed by atoms with Crippen molar-refractivity contribution < 1.29 is 59.8 Å². The maximum absolute atomic E-state index is 10.9. The molecule has 0 aliphatic carbocycles. The molecule has 0 amide bonds. The molecule has 3 radical (unpaired) electrons. The van der Waals surface area contributed by atoms with Gasteiger partial charge in [-0.15, -0.1) is 22.7 Å². The van der Waals surface area contributed by atoms with E-state index in [1.54, 1.807) is 39.0 Å². The number of aromatic nitrogens is 6. The van der Waals surface area contributed by atoms with Gasteiger partial charge in [-0.2, -0.15) is 0 Å². The molecule has 0 atom stereocenters. The van der Waals surface area contributed by atoms with Crippen molar-refractivity contribution in [3.05, 3.63) is 118 Å². The maximum Gasteiger partial charge on any atom is 1.00 e. The summed E-state index contributed by atoms with van der Waals surface area (Å²) in [7, 11) is 3.16. The van der Waals surface area contributed by atoms with Crippen LogP contribution < -0.4 is 39.0 Å². The molecular weight excluding hydrogens is 758 g/mol. The zero-order valence-corrected chi connectivity index (χ0v) is 34.3. The topological polar surface area (TPSA) is 152 Å². The van der Waals surface area contributed by atoms with Gasteiger partial charge in [-0.25, -0.2) is 19.9 Å². The summed E-state index contributed by atoms with van der Waals surface area (Å²) in [5.41, 5.74) is 8.61. The summed E-state index contributed by atoms with van der Waals surface area (Å²) in [4.78, 5) is 39.5. The van der Waals surface area contributed by atoms with Gasteiger partial charge in [0.2, 0.25) is 0 Å². The van der Waals surface area contributed by atoms with E-state index in [9.17, 15) is 9.90 Å². The second-order valence-electron chi connectivity index (χ2n) is 11.6. The standard InChI is InChI=1S/C20H17N3O3S.C20H15N3O3S.B.Na.H/c2*1-25-12-26-16-4-2-13(3-5-16)20-22-9-19-18(23-20)7-14(8-21-19)15-6-17(10-24)27-11-15;;;/h2-9,11,24H,10,12H2,1H3;2-11H,12H2,1H3;;;/q;;;+1;-1. The molecule has 6 aromatic heterocycles. The first-order valence-electron chi connectivity index (χ1n) is 16.5. The normalized spacial score (nSPS) is 10.6. The van der Waals surface area contributed by atoms with Crippen LogP contribution in [0.1, 0.15) is 16.0 Å². The molecule has 0 fully saturated rings. The Morgan fingerprint density at radius 2 is 1.09 bits per heavy atom. The molecule has 0 aliphatic rings. The molecule has 2 aromatic carbocycles. The third-order valence-electron chi connectivity index (χ3n) is 7.99. The van der Waals surface area contributed by atoms with E-state index in [0.29, 0.717) is 27.8 Å². The molecule has 1 N–H and O–H groups in total. The molecule has 8 rings (SSSR count). The number of aliphatic hydroxyl groups is 1. The van der Waals surface area contributed by atoms with Crippen LogP contribution in [-0.2, 0) is 16.1 Å². The third-order valence-corrected chi connectivity index (χ3v) is 9.77. The third kappa shape index (κ3) is 10.3. The van der Waals surface area contributed by atoms with E-state index in [2.05, 4.69) is 29.9 Å². The molecule has 0 aliphatic heterocycles. The van der Waals surface area contributed by atoms with Crippen LogP contribution in [0.15, 0.2) is 108 Å². The zero-order chi connectivity index (χ0) is 37.3. The molecule has 0 bridgehead atoms. The fourth-order valence-electron chi connectivity index (χ4n) is 5.27. The largest absolute Gasteiger partial charge is 1.00 e. The Morgan fingerprint density at radius 1 is 0.607 bits per heavy atom. The van der Waals surface area contributed by atoms with Gasteiger partial charge in [0.05, 0.1) is 34.9 Å². The molecule has 275 valence electrons. The van der Waals surface area contributed by atoms with Gasteiger partial charge in [0.15, 0.2) is 31.5 Å². The summed E-state index contributed by atoms with van der Waals surface area (Å²) in [5.74, 6) is 2.68. The zero-order valence-electron chi connectivity index (χ0n) is 31.7. The minimum Gasteiger partial charge on any atom is -1.00 e. The average molecular weight is 792 g/mol. The van der Waals surface area contributed by atoms with Gasteiger partial charge in [0.1, 0.15) is 22.5 Å². The van der Waals surface area contributed by atoms with E-state index in [0.717, 1.165) is 66.8 Å².